The Hall–Kier alpha value is -1.50. The third-order valence-corrected chi connectivity index (χ3v) is 3.76. The molecule has 0 aromatic heterocycles. The molecular weight excluding hydrogens is 256 g/mol. The van der Waals surface area contributed by atoms with Crippen LogP contribution in [0.2, 0.25) is 0 Å². The summed E-state index contributed by atoms with van der Waals surface area (Å²) in [7, 11) is 0. The molecular formula is C11H16N2O4S. The van der Waals surface area contributed by atoms with E-state index in [4.69, 9.17) is 5.11 Å². The first-order valence-electron chi connectivity index (χ1n) is 5.56. The summed E-state index contributed by atoms with van der Waals surface area (Å²) in [6.45, 7) is 0. The molecule has 0 bridgehead atoms. The van der Waals surface area contributed by atoms with E-state index in [1.54, 1.807) is 11.8 Å². The highest BCUT2D eigenvalue weighted by molar-refractivity contribution is 7.99. The van der Waals surface area contributed by atoms with Crippen LogP contribution in [0.15, 0.2) is 12.2 Å². The van der Waals surface area contributed by atoms with Crippen LogP contribution in [0.5, 0.6) is 0 Å². The molecule has 2 atom stereocenters. The number of rotatable bonds is 4. The topological polar surface area (TPSA) is 95.5 Å². The van der Waals surface area contributed by atoms with Crippen molar-refractivity contribution in [1.82, 2.24) is 10.6 Å². The zero-order valence-corrected chi connectivity index (χ0v) is 10.8. The monoisotopic (exact) mass is 272 g/mol. The van der Waals surface area contributed by atoms with Crippen LogP contribution in [-0.2, 0) is 9.59 Å². The highest BCUT2D eigenvalue weighted by Gasteiger charge is 2.25. The number of amides is 3. The lowest BCUT2D eigenvalue weighted by Gasteiger charge is -2.12. The molecule has 0 aromatic carbocycles. The number of aliphatic carboxylic acids is 1. The highest BCUT2D eigenvalue weighted by atomic mass is 32.2. The summed E-state index contributed by atoms with van der Waals surface area (Å²) in [4.78, 5) is 32.7. The Morgan fingerprint density at radius 2 is 2.00 bits per heavy atom. The number of hydrogen-bond acceptors (Lipinski definition) is 4. The fraction of sp³-hybridized carbons (Fsp3) is 0.545. The minimum atomic E-state index is -1.23. The lowest BCUT2D eigenvalue weighted by Crippen LogP contribution is -2.43. The summed E-state index contributed by atoms with van der Waals surface area (Å²) >= 11 is 1.77. The van der Waals surface area contributed by atoms with Crippen molar-refractivity contribution < 1.29 is 19.5 Å². The third-order valence-electron chi connectivity index (χ3n) is 2.67. The summed E-state index contributed by atoms with van der Waals surface area (Å²) in [5.74, 6) is -1.97. The van der Waals surface area contributed by atoms with E-state index in [-0.39, 0.29) is 6.04 Å². The van der Waals surface area contributed by atoms with E-state index in [0.29, 0.717) is 11.3 Å². The Morgan fingerprint density at radius 3 is 2.56 bits per heavy atom. The van der Waals surface area contributed by atoms with Gasteiger partial charge in [0.25, 0.3) is 5.91 Å². The van der Waals surface area contributed by atoms with Gasteiger partial charge in [-0.3, -0.25) is 10.1 Å². The maximum absolute atomic E-state index is 11.4. The largest absolute Gasteiger partial charge is 0.478 e. The number of thioether (sulfide) groups is 1. The Kier molecular flexibility index (Phi) is 5.70. The van der Waals surface area contributed by atoms with Crippen LogP contribution in [0.3, 0.4) is 0 Å². The van der Waals surface area contributed by atoms with Crippen molar-refractivity contribution in [2.24, 2.45) is 0 Å². The number of nitrogens with one attached hydrogen (secondary N) is 2. The molecule has 6 nitrogen and oxygen atoms in total. The van der Waals surface area contributed by atoms with Crippen molar-refractivity contribution in [3.8, 4) is 0 Å². The number of carbonyl (C=O) groups is 3. The standard InChI is InChI=1S/C11H16N2O4S/c1-18-8-3-2-7(6-8)12-11(17)13-9(14)4-5-10(15)16/h4-5,7-8H,2-3,6H2,1H3,(H,15,16)(H2,12,13,14,17)/b5-4+. The zero-order chi connectivity index (χ0) is 13.5. The van der Waals surface area contributed by atoms with Crippen molar-refractivity contribution in [3.05, 3.63) is 12.2 Å². The predicted octanol–water partition coefficient (Wildman–Crippen LogP) is 0.737. The molecule has 0 spiro atoms. The first-order valence-corrected chi connectivity index (χ1v) is 6.85. The number of carbonyl (C=O) groups excluding carboxylic acids is 2. The molecule has 2 unspecified atom stereocenters. The second-order valence-electron chi connectivity index (χ2n) is 4.00. The van der Waals surface area contributed by atoms with Crippen molar-refractivity contribution in [1.29, 1.82) is 0 Å². The van der Waals surface area contributed by atoms with Gasteiger partial charge >= 0.3 is 12.0 Å². The van der Waals surface area contributed by atoms with Crippen LogP contribution in [0.25, 0.3) is 0 Å². The molecule has 0 heterocycles. The summed E-state index contributed by atoms with van der Waals surface area (Å²) in [6, 6.07) is -0.500. The fourth-order valence-electron chi connectivity index (χ4n) is 1.81. The zero-order valence-electron chi connectivity index (χ0n) is 10.0. The van der Waals surface area contributed by atoms with Crippen molar-refractivity contribution >= 4 is 29.7 Å². The molecule has 1 fully saturated rings. The second-order valence-corrected chi connectivity index (χ2v) is 5.14. The maximum Gasteiger partial charge on any atom is 0.328 e. The van der Waals surface area contributed by atoms with Gasteiger partial charge in [0, 0.05) is 23.4 Å². The summed E-state index contributed by atoms with van der Waals surface area (Å²) in [5.41, 5.74) is 0. The van der Waals surface area contributed by atoms with Crippen LogP contribution in [0.4, 0.5) is 4.79 Å². The fourth-order valence-corrected chi connectivity index (χ4v) is 2.60. The Balaban J connectivity index is 2.29. The summed E-state index contributed by atoms with van der Waals surface area (Å²) in [5, 5.41) is 13.6. The quantitative estimate of drug-likeness (QED) is 0.656. The molecule has 1 aliphatic rings. The molecule has 0 radical (unpaired) electrons. The van der Waals surface area contributed by atoms with Gasteiger partial charge in [-0.25, -0.2) is 9.59 Å². The SMILES string of the molecule is CSC1CCC(NC(=O)NC(=O)/C=C/C(=O)O)C1. The molecule has 0 aromatic rings. The molecule has 0 saturated heterocycles. The first-order chi connectivity index (χ1) is 8.51. The highest BCUT2D eigenvalue weighted by Crippen LogP contribution is 2.27. The average Bonchev–Trinajstić information content (AvgIpc) is 2.73. The summed E-state index contributed by atoms with van der Waals surface area (Å²) < 4.78 is 0. The molecule has 1 rings (SSSR count). The van der Waals surface area contributed by atoms with E-state index in [1.165, 1.54) is 0 Å². The number of urea groups is 1. The molecule has 100 valence electrons. The molecule has 0 aliphatic heterocycles. The van der Waals surface area contributed by atoms with Gasteiger partial charge in [-0.1, -0.05) is 0 Å². The maximum atomic E-state index is 11.4. The normalized spacial score (nSPS) is 22.9. The minimum absolute atomic E-state index is 0.0821. The van der Waals surface area contributed by atoms with Crippen LogP contribution >= 0.6 is 11.8 Å². The third kappa shape index (κ3) is 5.22. The van der Waals surface area contributed by atoms with Crippen LogP contribution in [0.1, 0.15) is 19.3 Å². The first kappa shape index (κ1) is 14.6. The van der Waals surface area contributed by atoms with Gasteiger partial charge in [0.1, 0.15) is 0 Å². The average molecular weight is 272 g/mol. The molecule has 3 amide bonds. The van der Waals surface area contributed by atoms with Gasteiger partial charge < -0.3 is 10.4 Å². The van der Waals surface area contributed by atoms with Crippen LogP contribution in [0, 0.1) is 0 Å². The second kappa shape index (κ2) is 7.05. The van der Waals surface area contributed by atoms with E-state index in [0.717, 1.165) is 25.3 Å². The Bertz CT molecular complexity index is 370. The molecule has 7 heteroatoms. The smallest absolute Gasteiger partial charge is 0.328 e. The van der Waals surface area contributed by atoms with Crippen molar-refractivity contribution in [2.75, 3.05) is 6.26 Å². The van der Waals surface area contributed by atoms with Gasteiger partial charge in [-0.2, -0.15) is 11.8 Å². The van der Waals surface area contributed by atoms with Crippen LogP contribution < -0.4 is 10.6 Å². The number of carboxylic acids is 1. The predicted molar refractivity (Wildman–Crippen MR) is 68.4 cm³/mol. The van der Waals surface area contributed by atoms with Crippen LogP contribution in [-0.4, -0.2) is 40.6 Å². The van der Waals surface area contributed by atoms with E-state index in [9.17, 15) is 14.4 Å². The van der Waals surface area contributed by atoms with E-state index in [1.807, 2.05) is 11.6 Å². The lowest BCUT2D eigenvalue weighted by molar-refractivity contribution is -0.131. The summed E-state index contributed by atoms with van der Waals surface area (Å²) in [6.07, 6.45) is 6.38. The Morgan fingerprint density at radius 1 is 1.28 bits per heavy atom. The van der Waals surface area contributed by atoms with Gasteiger partial charge in [0.2, 0.25) is 0 Å². The van der Waals surface area contributed by atoms with Gasteiger partial charge in [0.15, 0.2) is 0 Å². The van der Waals surface area contributed by atoms with Gasteiger partial charge in [0.05, 0.1) is 0 Å². The van der Waals surface area contributed by atoms with E-state index >= 15 is 0 Å². The molecule has 1 aliphatic carbocycles. The van der Waals surface area contributed by atoms with E-state index in [2.05, 4.69) is 5.32 Å². The molecule has 18 heavy (non-hydrogen) atoms. The van der Waals surface area contributed by atoms with Gasteiger partial charge in [-0.15, -0.1) is 0 Å². The van der Waals surface area contributed by atoms with Gasteiger partial charge in [-0.05, 0) is 25.5 Å². The number of carboxylic acid groups (broad SMARTS) is 1. The lowest BCUT2D eigenvalue weighted by atomic mass is 10.2. The molecule has 1 saturated carbocycles. The number of imide groups is 1. The van der Waals surface area contributed by atoms with Crippen molar-refractivity contribution in [3.63, 3.8) is 0 Å². The number of hydrogen-bond donors (Lipinski definition) is 3. The minimum Gasteiger partial charge on any atom is -0.478 e. The Labute approximate surface area is 109 Å². The van der Waals surface area contributed by atoms with Crippen molar-refractivity contribution in [2.45, 2.75) is 30.6 Å². The molecule has 3 N–H and O–H groups in total. The van der Waals surface area contributed by atoms with E-state index < -0.39 is 17.9 Å².